The second kappa shape index (κ2) is 9.38. The van der Waals surface area contributed by atoms with E-state index < -0.39 is 0 Å². The van der Waals surface area contributed by atoms with E-state index in [4.69, 9.17) is 0 Å². The topological polar surface area (TPSA) is 40.5 Å². The number of hydrogen-bond donors (Lipinski definition) is 1. The summed E-state index contributed by atoms with van der Waals surface area (Å²) in [5.41, 5.74) is 7.24. The number of benzene rings is 1. The largest absolute Gasteiger partial charge is 0.393 e. The number of nitrogens with zero attached hydrogens (tertiary/aromatic N) is 1. The number of rotatable bonds is 2. The quantitative estimate of drug-likeness (QED) is 0.539. The predicted octanol–water partition coefficient (Wildman–Crippen LogP) is 6.19. The molecule has 34 heavy (non-hydrogen) atoms. The van der Waals surface area contributed by atoms with Crippen LogP contribution >= 0.6 is 0 Å². The Balaban J connectivity index is 0.000000764. The maximum Gasteiger partial charge on any atom is 0.156 e. The fraction of sp³-hybridized carbons (Fsp3) is 0.581. The Kier molecular flexibility index (Phi) is 6.47. The number of anilines is 1. The van der Waals surface area contributed by atoms with Crippen LogP contribution in [0.25, 0.3) is 0 Å². The fourth-order valence-electron chi connectivity index (χ4n) is 7.82. The summed E-state index contributed by atoms with van der Waals surface area (Å²) in [6.07, 6.45) is 15.9. The number of ketones is 1. The van der Waals surface area contributed by atoms with Gasteiger partial charge in [-0.05, 0) is 110 Å². The van der Waals surface area contributed by atoms with Gasteiger partial charge >= 0.3 is 0 Å². The van der Waals surface area contributed by atoms with Gasteiger partial charge in [0.05, 0.1) is 6.10 Å². The highest BCUT2D eigenvalue weighted by atomic mass is 16.3. The monoisotopic (exact) mass is 457 g/mol. The van der Waals surface area contributed by atoms with Crippen LogP contribution in [0.5, 0.6) is 0 Å². The van der Waals surface area contributed by atoms with Crippen LogP contribution in [-0.4, -0.2) is 30.1 Å². The lowest BCUT2D eigenvalue weighted by atomic mass is 9.53. The molecular formula is C31H39NO2. The number of carbonyl (C=O) groups is 1. The highest BCUT2D eigenvalue weighted by Gasteiger charge is 2.56. The van der Waals surface area contributed by atoms with Crippen molar-refractivity contribution in [3.63, 3.8) is 0 Å². The van der Waals surface area contributed by atoms with Crippen molar-refractivity contribution < 1.29 is 9.90 Å². The summed E-state index contributed by atoms with van der Waals surface area (Å²) in [5, 5.41) is 11.0. The number of aliphatic hydroxyl groups excluding tert-OH is 1. The van der Waals surface area contributed by atoms with Gasteiger partial charge in [0.2, 0.25) is 0 Å². The lowest BCUT2D eigenvalue weighted by Crippen LogP contribution is -2.45. The van der Waals surface area contributed by atoms with Crippen molar-refractivity contribution in [2.75, 3.05) is 18.0 Å². The first-order valence-electron chi connectivity index (χ1n) is 13.3. The van der Waals surface area contributed by atoms with E-state index in [2.05, 4.69) is 48.4 Å². The lowest BCUT2D eigenvalue weighted by molar-refractivity contribution is -0.114. The van der Waals surface area contributed by atoms with Crippen molar-refractivity contribution in [1.29, 1.82) is 0 Å². The van der Waals surface area contributed by atoms with Crippen LogP contribution in [0.15, 0.2) is 47.1 Å². The van der Waals surface area contributed by atoms with E-state index >= 15 is 0 Å². The molecule has 3 nitrogen and oxygen atoms in total. The molecule has 1 heterocycles. The Morgan fingerprint density at radius 1 is 1.06 bits per heavy atom. The summed E-state index contributed by atoms with van der Waals surface area (Å²) in [5.74, 6) is 4.09. The van der Waals surface area contributed by atoms with Crippen molar-refractivity contribution in [1.82, 2.24) is 0 Å². The standard InChI is InChI=1S/C28H35NO2.C3H4/c1-28-17-24(18-4-7-20(8-5-18)29-14-2-3-15-29)27-22-11-9-21(30)16-19(22)6-10-23(27)25(28)12-13-26(28)31;1-3-2/h4-5,7-8,16,23-26,31H,2-3,6,9-15,17H2,1H3;1H,2H3. The SMILES string of the molecule is C#CC.CC12CC(c3ccc(N4CCCC4)cc3)C3=C4CCC(=O)C=C4CCC3C1CCC2O. The van der Waals surface area contributed by atoms with Crippen LogP contribution < -0.4 is 4.90 Å². The van der Waals surface area contributed by atoms with E-state index in [0.29, 0.717) is 30.0 Å². The molecule has 1 N–H and O–H groups in total. The predicted molar refractivity (Wildman–Crippen MR) is 139 cm³/mol. The summed E-state index contributed by atoms with van der Waals surface area (Å²) in [6.45, 7) is 6.36. The van der Waals surface area contributed by atoms with Gasteiger partial charge in [0.15, 0.2) is 5.78 Å². The van der Waals surface area contributed by atoms with Gasteiger partial charge in [-0.1, -0.05) is 24.6 Å². The summed E-state index contributed by atoms with van der Waals surface area (Å²) >= 11 is 0. The number of aliphatic hydroxyl groups is 1. The number of carbonyl (C=O) groups excluding carboxylic acids is 1. The minimum Gasteiger partial charge on any atom is -0.393 e. The molecular weight excluding hydrogens is 418 g/mol. The summed E-state index contributed by atoms with van der Waals surface area (Å²) in [6, 6.07) is 9.37. The number of terminal acetylenes is 1. The normalized spacial score (nSPS) is 34.4. The van der Waals surface area contributed by atoms with Crippen LogP contribution in [-0.2, 0) is 4.79 Å². The zero-order valence-corrected chi connectivity index (χ0v) is 20.9. The lowest BCUT2D eigenvalue weighted by Gasteiger charge is -2.52. The van der Waals surface area contributed by atoms with E-state index in [1.165, 1.54) is 48.3 Å². The van der Waals surface area contributed by atoms with Crippen LogP contribution in [0, 0.1) is 29.6 Å². The highest BCUT2D eigenvalue weighted by Crippen LogP contribution is 2.63. The van der Waals surface area contributed by atoms with Crippen LogP contribution in [0.1, 0.15) is 83.1 Å². The number of hydrogen-bond acceptors (Lipinski definition) is 3. The molecule has 1 aliphatic heterocycles. The molecule has 0 spiro atoms. The third kappa shape index (κ3) is 3.95. The van der Waals surface area contributed by atoms with Gasteiger partial charge in [0.1, 0.15) is 0 Å². The van der Waals surface area contributed by atoms with Crippen LogP contribution in [0.3, 0.4) is 0 Å². The van der Waals surface area contributed by atoms with Gasteiger partial charge in [0, 0.05) is 31.1 Å². The van der Waals surface area contributed by atoms with Gasteiger partial charge in [-0.2, -0.15) is 0 Å². The van der Waals surface area contributed by atoms with Crippen molar-refractivity contribution in [3.05, 3.63) is 52.6 Å². The van der Waals surface area contributed by atoms with Crippen LogP contribution in [0.2, 0.25) is 0 Å². The maximum absolute atomic E-state index is 12.1. The maximum atomic E-state index is 12.1. The van der Waals surface area contributed by atoms with Gasteiger partial charge in [-0.25, -0.2) is 0 Å². The first kappa shape index (κ1) is 23.4. The molecule has 1 aromatic rings. The summed E-state index contributed by atoms with van der Waals surface area (Å²) in [7, 11) is 0. The van der Waals surface area contributed by atoms with Crippen molar-refractivity contribution in [3.8, 4) is 12.3 Å². The Morgan fingerprint density at radius 2 is 1.76 bits per heavy atom. The molecule has 2 saturated carbocycles. The van der Waals surface area contributed by atoms with Crippen molar-refractivity contribution in [2.45, 2.75) is 83.7 Å². The van der Waals surface area contributed by atoms with Crippen molar-refractivity contribution >= 4 is 11.5 Å². The Hall–Kier alpha value is -2.31. The number of fused-ring (bicyclic) bond motifs is 4. The molecule has 180 valence electrons. The van der Waals surface area contributed by atoms with E-state index in [-0.39, 0.29) is 11.5 Å². The molecule has 4 aliphatic carbocycles. The average Bonchev–Trinajstić information content (AvgIpc) is 3.47. The first-order chi connectivity index (χ1) is 16.5. The third-order valence-electron chi connectivity index (χ3n) is 9.45. The fourth-order valence-corrected chi connectivity index (χ4v) is 7.82. The molecule has 0 radical (unpaired) electrons. The Labute approximate surface area is 205 Å². The average molecular weight is 458 g/mol. The minimum atomic E-state index is -0.180. The Bertz CT molecular complexity index is 1040. The van der Waals surface area contributed by atoms with Gasteiger partial charge in [0.25, 0.3) is 0 Å². The molecule has 3 fully saturated rings. The molecule has 3 heteroatoms. The zero-order chi connectivity index (χ0) is 23.9. The van der Waals surface area contributed by atoms with Gasteiger partial charge < -0.3 is 10.0 Å². The first-order valence-corrected chi connectivity index (χ1v) is 13.3. The van der Waals surface area contributed by atoms with Crippen LogP contribution in [0.4, 0.5) is 5.69 Å². The molecule has 5 aliphatic rings. The summed E-state index contributed by atoms with van der Waals surface area (Å²) < 4.78 is 0. The summed E-state index contributed by atoms with van der Waals surface area (Å²) in [4.78, 5) is 14.6. The van der Waals surface area contributed by atoms with E-state index in [9.17, 15) is 9.90 Å². The smallest absolute Gasteiger partial charge is 0.156 e. The second-order valence-corrected chi connectivity index (χ2v) is 11.3. The van der Waals surface area contributed by atoms with E-state index in [0.717, 1.165) is 38.5 Å². The Morgan fingerprint density at radius 3 is 2.47 bits per heavy atom. The molecule has 6 rings (SSSR count). The zero-order valence-electron chi connectivity index (χ0n) is 20.9. The molecule has 0 amide bonds. The van der Waals surface area contributed by atoms with E-state index in [1.807, 2.05) is 6.08 Å². The molecule has 1 saturated heterocycles. The molecule has 5 atom stereocenters. The molecule has 1 aromatic carbocycles. The minimum absolute atomic E-state index is 0.0126. The molecule has 0 aromatic heterocycles. The highest BCUT2D eigenvalue weighted by molar-refractivity contribution is 5.93. The third-order valence-corrected chi connectivity index (χ3v) is 9.45. The molecule has 0 bridgehead atoms. The van der Waals surface area contributed by atoms with E-state index in [1.54, 1.807) is 12.5 Å². The molecule has 5 unspecified atom stereocenters. The number of allylic oxidation sites excluding steroid dienone is 4. The van der Waals surface area contributed by atoms with Crippen molar-refractivity contribution in [2.24, 2.45) is 17.3 Å². The van der Waals surface area contributed by atoms with Gasteiger partial charge in [-0.15, -0.1) is 12.3 Å². The second-order valence-electron chi connectivity index (χ2n) is 11.3. The van der Waals surface area contributed by atoms with Gasteiger partial charge in [-0.3, -0.25) is 4.79 Å².